The van der Waals surface area contributed by atoms with E-state index >= 15 is 0 Å². The predicted octanol–water partition coefficient (Wildman–Crippen LogP) is 3.22. The Labute approximate surface area is 190 Å². The van der Waals surface area contributed by atoms with Crippen molar-refractivity contribution in [1.29, 1.82) is 5.26 Å². The van der Waals surface area contributed by atoms with Gasteiger partial charge in [-0.1, -0.05) is 6.07 Å². The molecule has 5 rings (SSSR count). The average molecular weight is 444 g/mol. The minimum absolute atomic E-state index is 0.0105. The zero-order valence-electron chi connectivity index (χ0n) is 18.0. The van der Waals surface area contributed by atoms with Crippen LogP contribution in [0.15, 0.2) is 36.5 Å². The van der Waals surface area contributed by atoms with Crippen LogP contribution in [0.1, 0.15) is 50.0 Å². The third-order valence-electron chi connectivity index (χ3n) is 6.36. The predicted molar refractivity (Wildman–Crippen MR) is 116 cm³/mol. The van der Waals surface area contributed by atoms with Crippen molar-refractivity contribution in [1.82, 2.24) is 14.9 Å². The molecule has 2 aromatic carbocycles. The second-order valence-electron chi connectivity index (χ2n) is 8.35. The lowest BCUT2D eigenvalue weighted by Gasteiger charge is -2.30. The van der Waals surface area contributed by atoms with Crippen molar-refractivity contribution in [2.24, 2.45) is 0 Å². The molecule has 0 amide bonds. The second kappa shape index (κ2) is 8.35. The van der Waals surface area contributed by atoms with E-state index < -0.39 is 11.9 Å². The Morgan fingerprint density at radius 2 is 2.18 bits per heavy atom. The molecule has 33 heavy (non-hydrogen) atoms. The Morgan fingerprint density at radius 3 is 2.97 bits per heavy atom. The Hall–Kier alpha value is -3.67. The molecule has 2 aliphatic heterocycles. The summed E-state index contributed by atoms with van der Waals surface area (Å²) < 4.78 is 19.1. The first-order chi connectivity index (χ1) is 15.9. The van der Waals surface area contributed by atoms with E-state index in [2.05, 4.69) is 14.9 Å². The fourth-order valence-electron chi connectivity index (χ4n) is 4.49. The first-order valence-corrected chi connectivity index (χ1v) is 10.7. The fourth-order valence-corrected chi connectivity index (χ4v) is 4.49. The highest BCUT2D eigenvalue weighted by Gasteiger charge is 2.27. The lowest BCUT2D eigenvalue weighted by Crippen LogP contribution is -2.34. The number of rotatable bonds is 4. The number of benzene rings is 2. The first-order valence-electron chi connectivity index (χ1n) is 10.7. The Bertz CT molecular complexity index is 1320. The maximum atomic E-state index is 14.0. The molecule has 8 heteroatoms. The van der Waals surface area contributed by atoms with Gasteiger partial charge in [-0.25, -0.2) is 19.2 Å². The number of hydrogen-bond donors (Lipinski definition) is 1. The normalized spacial score (nSPS) is 16.0. The van der Waals surface area contributed by atoms with Crippen LogP contribution in [0.2, 0.25) is 0 Å². The number of aliphatic hydroxyl groups excluding tert-OH is 1. The summed E-state index contributed by atoms with van der Waals surface area (Å²) in [6, 6.07) is 9.69. The molecule has 1 atom stereocenters. The molecule has 1 aromatic heterocycles. The molecule has 0 unspecified atom stereocenters. The summed E-state index contributed by atoms with van der Waals surface area (Å²) in [5.41, 5.74) is 5.51. The molecule has 0 radical (unpaired) electrons. The quantitative estimate of drug-likeness (QED) is 0.617. The molecule has 7 nitrogen and oxygen atoms in total. The fraction of sp³-hybridized carbons (Fsp3) is 0.280. The average Bonchev–Trinajstić information content (AvgIpc) is 3.20. The maximum Gasteiger partial charge on any atom is 0.338 e. The van der Waals surface area contributed by atoms with E-state index in [4.69, 9.17) is 10.00 Å². The van der Waals surface area contributed by atoms with Crippen LogP contribution in [0.3, 0.4) is 0 Å². The molecule has 3 aromatic rings. The number of nitrogens with zero attached hydrogens (tertiary/aromatic N) is 4. The van der Waals surface area contributed by atoms with Crippen LogP contribution in [0.4, 0.5) is 4.39 Å². The number of fused-ring (bicyclic) bond motifs is 2. The number of cyclic esters (lactones) is 1. The van der Waals surface area contributed by atoms with Crippen molar-refractivity contribution in [3.63, 3.8) is 0 Å². The van der Waals surface area contributed by atoms with E-state index in [0.717, 1.165) is 27.9 Å². The number of carbonyl (C=O) groups is 1. The minimum atomic E-state index is -0.700. The molecule has 3 heterocycles. The molecule has 2 aliphatic rings. The number of ether oxygens (including phenoxy) is 1. The van der Waals surface area contributed by atoms with Crippen molar-refractivity contribution < 1.29 is 19.0 Å². The molecule has 0 aliphatic carbocycles. The van der Waals surface area contributed by atoms with Gasteiger partial charge >= 0.3 is 5.97 Å². The van der Waals surface area contributed by atoms with Crippen molar-refractivity contribution in [3.8, 4) is 17.5 Å². The van der Waals surface area contributed by atoms with Gasteiger partial charge in [0.1, 0.15) is 18.5 Å². The number of aliphatic hydroxyl groups is 1. The van der Waals surface area contributed by atoms with Crippen LogP contribution < -0.4 is 0 Å². The van der Waals surface area contributed by atoms with Crippen LogP contribution >= 0.6 is 0 Å². The highest BCUT2D eigenvalue weighted by atomic mass is 19.1. The molecule has 0 bridgehead atoms. The van der Waals surface area contributed by atoms with Gasteiger partial charge in [0.2, 0.25) is 0 Å². The van der Waals surface area contributed by atoms with Crippen molar-refractivity contribution in [3.05, 3.63) is 81.4 Å². The van der Waals surface area contributed by atoms with Gasteiger partial charge < -0.3 is 9.84 Å². The molecule has 0 saturated carbocycles. The second-order valence-corrected chi connectivity index (χ2v) is 8.35. The Kier molecular flexibility index (Phi) is 5.36. The van der Waals surface area contributed by atoms with Crippen molar-refractivity contribution in [2.45, 2.75) is 32.6 Å². The smallest absolute Gasteiger partial charge is 0.338 e. The van der Waals surface area contributed by atoms with Crippen molar-refractivity contribution >= 4 is 5.97 Å². The lowest BCUT2D eigenvalue weighted by atomic mass is 9.95. The van der Waals surface area contributed by atoms with E-state index in [1.165, 1.54) is 12.1 Å². The number of nitriles is 1. The lowest BCUT2D eigenvalue weighted by molar-refractivity contribution is 0.0535. The van der Waals surface area contributed by atoms with Gasteiger partial charge in [-0.15, -0.1) is 0 Å². The highest BCUT2D eigenvalue weighted by molar-refractivity contribution is 5.93. The summed E-state index contributed by atoms with van der Waals surface area (Å²) in [6.07, 6.45) is 1.73. The SMILES string of the molecule is Cc1c([C@@H](O)CN2CCc3nc(-c4ccc(C#N)c(F)c4)ncc3C2)ccc2c1COC2=O. The molecular formula is C25H21FN4O3. The van der Waals surface area contributed by atoms with Crippen LogP contribution in [0, 0.1) is 24.1 Å². The number of halogens is 1. The van der Waals surface area contributed by atoms with E-state index in [9.17, 15) is 14.3 Å². The third kappa shape index (κ3) is 3.86. The number of β-amino-alcohol motifs (C(OH)–C–C–N with tert-alkyl or cyclic N) is 1. The summed E-state index contributed by atoms with van der Waals surface area (Å²) in [4.78, 5) is 22.9. The van der Waals surface area contributed by atoms with E-state index in [-0.39, 0.29) is 18.1 Å². The monoisotopic (exact) mass is 444 g/mol. The number of hydrogen-bond acceptors (Lipinski definition) is 7. The molecule has 1 N–H and O–H groups in total. The molecule has 166 valence electrons. The number of carbonyl (C=O) groups excluding carboxylic acids is 1. The summed E-state index contributed by atoms with van der Waals surface area (Å²) in [6.45, 7) is 3.91. The highest BCUT2D eigenvalue weighted by Crippen LogP contribution is 2.30. The molecule has 0 saturated heterocycles. The van der Waals surface area contributed by atoms with Gasteiger partial charge in [-0.3, -0.25) is 4.90 Å². The van der Waals surface area contributed by atoms with Crippen molar-refractivity contribution in [2.75, 3.05) is 13.1 Å². The topological polar surface area (TPSA) is 99.3 Å². The Morgan fingerprint density at radius 1 is 1.33 bits per heavy atom. The molecule has 0 fully saturated rings. The van der Waals surface area contributed by atoms with Crippen LogP contribution in [0.25, 0.3) is 11.4 Å². The van der Waals surface area contributed by atoms with E-state index in [0.29, 0.717) is 43.0 Å². The summed E-state index contributed by atoms with van der Waals surface area (Å²) in [5, 5.41) is 19.8. The first kappa shape index (κ1) is 21.2. The summed E-state index contributed by atoms with van der Waals surface area (Å²) in [7, 11) is 0. The van der Waals surface area contributed by atoms with Gasteiger partial charge in [-0.2, -0.15) is 5.26 Å². The zero-order chi connectivity index (χ0) is 23.1. The standard InChI is InChI=1S/C25H21FN4O3/c1-14-18(4-5-19-20(14)13-33-25(19)32)23(31)12-30-7-6-22-17(11-30)10-28-24(29-22)15-2-3-16(9-27)21(26)8-15/h2-5,8,10,23,31H,6-7,11-13H2,1H3/t23-/m0/s1. The van der Waals surface area contributed by atoms with E-state index in [1.54, 1.807) is 24.4 Å². The van der Waals surface area contributed by atoms with Gasteiger partial charge in [0, 0.05) is 48.9 Å². The molecular weight excluding hydrogens is 423 g/mol. The Balaban J connectivity index is 1.31. The van der Waals surface area contributed by atoms with Gasteiger partial charge in [0.25, 0.3) is 0 Å². The van der Waals surface area contributed by atoms with Crippen LogP contribution in [-0.2, 0) is 24.3 Å². The maximum absolute atomic E-state index is 14.0. The largest absolute Gasteiger partial charge is 0.457 e. The van der Waals surface area contributed by atoms with Crippen LogP contribution in [-0.4, -0.2) is 39.0 Å². The van der Waals surface area contributed by atoms with Crippen LogP contribution in [0.5, 0.6) is 0 Å². The number of aromatic nitrogens is 2. The minimum Gasteiger partial charge on any atom is -0.457 e. The van der Waals surface area contributed by atoms with E-state index in [1.807, 2.05) is 13.0 Å². The van der Waals surface area contributed by atoms with Gasteiger partial charge in [-0.05, 0) is 42.3 Å². The summed E-state index contributed by atoms with van der Waals surface area (Å²) >= 11 is 0. The summed E-state index contributed by atoms with van der Waals surface area (Å²) in [5.74, 6) is -0.477. The zero-order valence-corrected chi connectivity index (χ0v) is 18.0. The third-order valence-corrected chi connectivity index (χ3v) is 6.36. The number of esters is 1. The molecule has 0 spiro atoms. The van der Waals surface area contributed by atoms with Gasteiger partial charge in [0.05, 0.1) is 22.9 Å². The van der Waals surface area contributed by atoms with Gasteiger partial charge in [0.15, 0.2) is 5.82 Å².